The summed E-state index contributed by atoms with van der Waals surface area (Å²) in [6.07, 6.45) is 3.06. The molecule has 0 amide bonds. The van der Waals surface area contributed by atoms with Crippen molar-refractivity contribution in [1.29, 1.82) is 0 Å². The van der Waals surface area contributed by atoms with Crippen molar-refractivity contribution in [2.24, 2.45) is 5.92 Å². The summed E-state index contributed by atoms with van der Waals surface area (Å²) in [6, 6.07) is 2.47. The summed E-state index contributed by atoms with van der Waals surface area (Å²) in [6.45, 7) is 1.28. The van der Waals surface area contributed by atoms with Crippen LogP contribution < -0.4 is 0 Å². The van der Waals surface area contributed by atoms with Gasteiger partial charge in [0.25, 0.3) is 0 Å². The highest BCUT2D eigenvalue weighted by Gasteiger charge is 2.41. The summed E-state index contributed by atoms with van der Waals surface area (Å²) < 4.78 is 0. The molecule has 5 nitrogen and oxygen atoms in total. The van der Waals surface area contributed by atoms with Crippen LogP contribution in [0.5, 0.6) is 5.75 Å². The first-order chi connectivity index (χ1) is 9.91. The van der Waals surface area contributed by atoms with Crippen LogP contribution >= 0.6 is 0 Å². The number of hydrogen-bond donors (Lipinski definition) is 2. The third kappa shape index (κ3) is 1.86. The van der Waals surface area contributed by atoms with Gasteiger partial charge in [-0.3, -0.25) is 14.4 Å². The molecule has 2 atom stereocenters. The molecule has 5 heteroatoms. The minimum absolute atomic E-state index is 0.0202. The lowest BCUT2D eigenvalue weighted by Gasteiger charge is -2.31. The van der Waals surface area contributed by atoms with Gasteiger partial charge >= 0.3 is 0 Å². The fourth-order valence-electron chi connectivity index (χ4n) is 2.81. The quantitative estimate of drug-likeness (QED) is 0.763. The third-order valence-electron chi connectivity index (χ3n) is 3.87. The molecule has 0 radical (unpaired) electrons. The molecule has 1 aromatic carbocycles. The first-order valence-corrected chi connectivity index (χ1v) is 6.44. The van der Waals surface area contributed by atoms with E-state index in [9.17, 15) is 24.6 Å². The van der Waals surface area contributed by atoms with Crippen LogP contribution in [-0.2, 0) is 4.79 Å². The number of benzene rings is 1. The maximum absolute atomic E-state index is 12.4. The highest BCUT2D eigenvalue weighted by Crippen LogP contribution is 2.42. The molecule has 0 saturated carbocycles. The monoisotopic (exact) mass is 284 g/mol. The Morgan fingerprint density at radius 3 is 2.62 bits per heavy atom. The number of Topliss-reactive ketones (excluding diaryl/α,β-unsaturated/α-hetero) is 2. The van der Waals surface area contributed by atoms with Gasteiger partial charge in [0.05, 0.1) is 17.6 Å². The molecule has 2 aliphatic carbocycles. The number of aliphatic hydroxyl groups excluding tert-OH is 1. The zero-order chi connectivity index (χ0) is 15.3. The molecule has 0 fully saturated rings. The van der Waals surface area contributed by atoms with Gasteiger partial charge in [0.15, 0.2) is 17.3 Å². The highest BCUT2D eigenvalue weighted by atomic mass is 16.3. The van der Waals surface area contributed by atoms with Crippen LogP contribution in [0, 0.1) is 5.92 Å². The molecule has 2 aliphatic rings. The predicted molar refractivity (Wildman–Crippen MR) is 73.1 cm³/mol. The Morgan fingerprint density at radius 2 is 1.95 bits per heavy atom. The zero-order valence-corrected chi connectivity index (χ0v) is 11.2. The Bertz CT molecular complexity index is 754. The number of carbonyl (C=O) groups is 3. The van der Waals surface area contributed by atoms with Crippen molar-refractivity contribution < 1.29 is 24.6 Å². The largest absolute Gasteiger partial charge is 0.507 e. The fourth-order valence-corrected chi connectivity index (χ4v) is 2.81. The second kappa shape index (κ2) is 4.49. The Morgan fingerprint density at radius 1 is 1.24 bits per heavy atom. The maximum Gasteiger partial charge on any atom is 0.190 e. The second-order valence-corrected chi connectivity index (χ2v) is 5.15. The molecule has 106 valence electrons. The van der Waals surface area contributed by atoms with E-state index in [1.165, 1.54) is 37.3 Å². The Balaban J connectivity index is 2.25. The van der Waals surface area contributed by atoms with Crippen molar-refractivity contribution in [3.05, 3.63) is 52.6 Å². The van der Waals surface area contributed by atoms with Crippen LogP contribution in [0.15, 0.2) is 35.9 Å². The van der Waals surface area contributed by atoms with Gasteiger partial charge in [-0.25, -0.2) is 0 Å². The van der Waals surface area contributed by atoms with E-state index in [2.05, 4.69) is 0 Å². The Kier molecular flexibility index (Phi) is 2.88. The molecule has 0 aromatic heterocycles. The van der Waals surface area contributed by atoms with E-state index in [0.29, 0.717) is 0 Å². The van der Waals surface area contributed by atoms with Crippen molar-refractivity contribution in [1.82, 2.24) is 0 Å². The average Bonchev–Trinajstić information content (AvgIpc) is 2.43. The Hall–Kier alpha value is -2.53. The van der Waals surface area contributed by atoms with E-state index in [1.54, 1.807) is 0 Å². The summed E-state index contributed by atoms with van der Waals surface area (Å²) in [5.74, 6) is -2.40. The molecule has 3 rings (SSSR count). The minimum Gasteiger partial charge on any atom is -0.507 e. The van der Waals surface area contributed by atoms with Crippen molar-refractivity contribution in [3.63, 3.8) is 0 Å². The maximum atomic E-state index is 12.4. The van der Waals surface area contributed by atoms with Crippen molar-refractivity contribution in [2.75, 3.05) is 0 Å². The van der Waals surface area contributed by atoms with Gasteiger partial charge in [-0.1, -0.05) is 12.2 Å². The summed E-state index contributed by atoms with van der Waals surface area (Å²) in [4.78, 5) is 35.8. The molecule has 0 heterocycles. The number of fused-ring (bicyclic) bond motifs is 2. The lowest BCUT2D eigenvalue weighted by Crippen LogP contribution is -2.34. The summed E-state index contributed by atoms with van der Waals surface area (Å²) in [5, 5.41) is 20.2. The van der Waals surface area contributed by atoms with Gasteiger partial charge < -0.3 is 10.2 Å². The van der Waals surface area contributed by atoms with Crippen molar-refractivity contribution >= 4 is 17.3 Å². The first-order valence-electron chi connectivity index (χ1n) is 6.44. The van der Waals surface area contributed by atoms with Crippen LogP contribution in [0.25, 0.3) is 0 Å². The molecule has 0 aliphatic heterocycles. The highest BCUT2D eigenvalue weighted by molar-refractivity contribution is 6.17. The van der Waals surface area contributed by atoms with Crippen LogP contribution in [0.1, 0.15) is 39.3 Å². The molecule has 1 aromatic rings. The standard InChI is InChI=1S/C16H12O5/c1-7(17)9-5-10-11(6-13(9)19)15(20)8-3-2-4-12(18)14(8)16(10)21/h2-6,14,16,19,21H,1H3/t14-,16?/m0/s1. The van der Waals surface area contributed by atoms with Crippen LogP contribution in [-0.4, -0.2) is 27.6 Å². The first kappa shape index (κ1) is 13.5. The van der Waals surface area contributed by atoms with E-state index in [-0.39, 0.29) is 39.6 Å². The van der Waals surface area contributed by atoms with Gasteiger partial charge in [0.2, 0.25) is 0 Å². The average molecular weight is 284 g/mol. The number of aliphatic hydroxyl groups is 1. The number of carbonyl (C=O) groups excluding carboxylic acids is 3. The van der Waals surface area contributed by atoms with Crippen molar-refractivity contribution in [2.45, 2.75) is 13.0 Å². The van der Waals surface area contributed by atoms with Gasteiger partial charge in [-0.2, -0.15) is 0 Å². The van der Waals surface area contributed by atoms with E-state index in [0.717, 1.165) is 0 Å². The SMILES string of the molecule is CC(=O)c1cc2c(cc1O)C(=O)C1=CC=CC(=O)[C@H]1C2O. The van der Waals surface area contributed by atoms with E-state index in [1.807, 2.05) is 0 Å². The molecule has 21 heavy (non-hydrogen) atoms. The summed E-state index contributed by atoms with van der Waals surface area (Å²) in [7, 11) is 0. The smallest absolute Gasteiger partial charge is 0.190 e. The normalized spacial score (nSPS) is 23.4. The topological polar surface area (TPSA) is 91.7 Å². The lowest BCUT2D eigenvalue weighted by atomic mass is 9.72. The molecular weight excluding hydrogens is 272 g/mol. The molecule has 0 spiro atoms. The van der Waals surface area contributed by atoms with Crippen LogP contribution in [0.2, 0.25) is 0 Å². The summed E-state index contributed by atoms with van der Waals surface area (Å²) >= 11 is 0. The number of ketones is 3. The number of allylic oxidation sites excluding steroid dienone is 3. The van der Waals surface area contributed by atoms with Gasteiger partial charge in [-0.05, 0) is 30.7 Å². The number of hydrogen-bond acceptors (Lipinski definition) is 5. The summed E-state index contributed by atoms with van der Waals surface area (Å²) in [5.41, 5.74) is 0.550. The van der Waals surface area contributed by atoms with Crippen molar-refractivity contribution in [3.8, 4) is 5.75 Å². The van der Waals surface area contributed by atoms with Gasteiger partial charge in [0, 0.05) is 11.1 Å². The van der Waals surface area contributed by atoms with Crippen LogP contribution in [0.4, 0.5) is 0 Å². The molecule has 0 saturated heterocycles. The molecular formula is C16H12O5. The van der Waals surface area contributed by atoms with Gasteiger partial charge in [0.1, 0.15) is 5.75 Å². The number of phenolic OH excluding ortho intramolecular Hbond substituents is 1. The fraction of sp³-hybridized carbons (Fsp3) is 0.188. The van der Waals surface area contributed by atoms with E-state index < -0.39 is 17.8 Å². The Labute approximate surface area is 120 Å². The second-order valence-electron chi connectivity index (χ2n) is 5.15. The minimum atomic E-state index is -1.21. The van der Waals surface area contributed by atoms with Crippen LogP contribution in [0.3, 0.4) is 0 Å². The lowest BCUT2D eigenvalue weighted by molar-refractivity contribution is -0.120. The van der Waals surface area contributed by atoms with Gasteiger partial charge in [-0.15, -0.1) is 0 Å². The third-order valence-corrected chi connectivity index (χ3v) is 3.87. The van der Waals surface area contributed by atoms with E-state index >= 15 is 0 Å². The predicted octanol–water partition coefficient (Wildman–Crippen LogP) is 1.51. The number of rotatable bonds is 1. The molecule has 2 N–H and O–H groups in total. The number of phenols is 1. The number of aromatic hydroxyl groups is 1. The molecule has 1 unspecified atom stereocenters. The molecule has 0 bridgehead atoms. The van der Waals surface area contributed by atoms with E-state index in [4.69, 9.17) is 0 Å². The zero-order valence-electron chi connectivity index (χ0n) is 11.2.